The summed E-state index contributed by atoms with van der Waals surface area (Å²) in [4.78, 5) is 14.3. The topological polar surface area (TPSA) is 61.7 Å². The van der Waals surface area contributed by atoms with Crippen molar-refractivity contribution >= 4 is 44.0 Å². The standard InChI is InChI=1S/C43H35N2O.C25H24FN2.C11H7FN.Ir/c1-27(2)36-24-32(30-16-9-6-10-17-30)25-37(28(3)4)41(36)45-39-21-12-11-20-38(39)44-43(45)35-19-13-18-34-33-23-22-31(26-40(33)46-42(34)35)29-14-7-5-8-15-29;1-16(2)20-8-7-9-21(17(3)4)24(20)28-23-11-6-5-10-22(23)27-25(28)18-12-14-19(26)15-13-18;12-10-6-4-9(5-7-10)11-3-1-2-8-13-11;/h5-18,20-28H,1-4H3;5-12,14-17H,1-4H3;1-4,6-8H;/q3*-1;+3. The van der Waals surface area contributed by atoms with Gasteiger partial charge in [0.25, 0.3) is 0 Å². The van der Waals surface area contributed by atoms with Gasteiger partial charge in [0.1, 0.15) is 5.58 Å². The van der Waals surface area contributed by atoms with E-state index in [4.69, 9.17) is 14.4 Å². The van der Waals surface area contributed by atoms with Gasteiger partial charge in [-0.15, -0.1) is 77.9 Å². The predicted molar refractivity (Wildman–Crippen MR) is 354 cm³/mol. The molecule has 0 amide bonds. The van der Waals surface area contributed by atoms with Crippen molar-refractivity contribution in [3.8, 4) is 67.7 Å². The molecule has 14 aromatic rings. The maximum absolute atomic E-state index is 13.5. The zero-order valence-electron chi connectivity index (χ0n) is 50.5. The number of hydrogen-bond donors (Lipinski definition) is 0. The summed E-state index contributed by atoms with van der Waals surface area (Å²) in [6.07, 6.45) is 1.70. The fraction of sp³-hybridized carbons (Fsp3) is 0.152. The third-order valence-electron chi connectivity index (χ3n) is 15.9. The van der Waals surface area contributed by atoms with Gasteiger partial charge in [0.05, 0.1) is 39.3 Å². The Balaban J connectivity index is 0.000000160. The molecule has 0 saturated heterocycles. The minimum atomic E-state index is -0.295. The van der Waals surface area contributed by atoms with Crippen LogP contribution < -0.4 is 0 Å². The molecule has 9 heteroatoms. The van der Waals surface area contributed by atoms with Crippen LogP contribution in [0.15, 0.2) is 235 Å². The van der Waals surface area contributed by atoms with E-state index >= 15 is 0 Å². The van der Waals surface area contributed by atoms with Crippen LogP contribution in [-0.4, -0.2) is 24.1 Å². The average molecular weight is 1330 g/mol. The van der Waals surface area contributed by atoms with E-state index < -0.39 is 0 Å². The van der Waals surface area contributed by atoms with E-state index in [0.29, 0.717) is 11.8 Å². The Kier molecular flexibility index (Phi) is 18.0. The minimum Gasteiger partial charge on any atom is -0.501 e. The van der Waals surface area contributed by atoms with Crippen LogP contribution >= 0.6 is 0 Å². The zero-order valence-corrected chi connectivity index (χ0v) is 52.9. The van der Waals surface area contributed by atoms with Gasteiger partial charge >= 0.3 is 20.1 Å². The molecule has 4 aromatic heterocycles. The van der Waals surface area contributed by atoms with E-state index in [1.807, 2.05) is 48.5 Å². The van der Waals surface area contributed by atoms with Gasteiger partial charge in [0.15, 0.2) is 0 Å². The van der Waals surface area contributed by atoms with Crippen LogP contribution in [0.1, 0.15) is 101 Å². The number of hydrogen-bond acceptors (Lipinski definition) is 4. The van der Waals surface area contributed by atoms with Crippen LogP contribution in [-0.2, 0) is 20.1 Å². The summed E-state index contributed by atoms with van der Waals surface area (Å²) >= 11 is 0. The first-order valence-electron chi connectivity index (χ1n) is 29.8. The van der Waals surface area contributed by atoms with Crippen LogP contribution in [0.2, 0.25) is 0 Å². The van der Waals surface area contributed by atoms with Crippen LogP contribution in [0, 0.1) is 29.8 Å². The second kappa shape index (κ2) is 26.3. The molecule has 0 spiro atoms. The monoisotopic (exact) mass is 1330 g/mol. The first-order chi connectivity index (χ1) is 42.3. The molecule has 0 unspecified atom stereocenters. The van der Waals surface area contributed by atoms with Crippen LogP contribution in [0.5, 0.6) is 0 Å². The zero-order chi connectivity index (χ0) is 60.3. The van der Waals surface area contributed by atoms with Crippen molar-refractivity contribution in [2.24, 2.45) is 0 Å². The Bertz CT molecular complexity index is 4650. The van der Waals surface area contributed by atoms with Gasteiger partial charge in [-0.1, -0.05) is 194 Å². The number of para-hydroxylation sites is 5. The van der Waals surface area contributed by atoms with E-state index in [9.17, 15) is 8.78 Å². The molecule has 0 aliphatic rings. The van der Waals surface area contributed by atoms with Crippen molar-refractivity contribution < 1.29 is 33.3 Å². The van der Waals surface area contributed by atoms with Gasteiger partial charge < -0.3 is 18.5 Å². The normalized spacial score (nSPS) is 11.4. The fourth-order valence-corrected chi connectivity index (χ4v) is 11.6. The molecule has 0 fully saturated rings. The SMILES string of the molecule is CC(C)c1cc(-c2ccccc2)cc(C(C)C)c1-n1c(-c2[c-]ccc3c2oc2cc(-c4ccccc4)ccc23)nc2ccccc21.CC(C)c1cccc(C(C)C)c1-n1c(-c2[c-]cc(F)cc2)nc2ccccc21.Fc1c[c-]c(-c2ccccn2)cc1.[Ir+3]. The average Bonchev–Trinajstić information content (AvgIpc) is 1.62. The second-order valence-corrected chi connectivity index (χ2v) is 23.1. The Labute approximate surface area is 527 Å². The molecule has 88 heavy (non-hydrogen) atoms. The summed E-state index contributed by atoms with van der Waals surface area (Å²) in [5.74, 6) is 2.35. The molecule has 0 aliphatic heterocycles. The van der Waals surface area contributed by atoms with Gasteiger partial charge in [-0.05, 0) is 122 Å². The molecule has 0 atom stereocenters. The largest absolute Gasteiger partial charge is 3.00 e. The molecule has 0 aliphatic carbocycles. The predicted octanol–water partition coefficient (Wildman–Crippen LogP) is 21.5. The molecule has 0 saturated carbocycles. The van der Waals surface area contributed by atoms with Crippen molar-refractivity contribution in [3.05, 3.63) is 283 Å². The Hall–Kier alpha value is -9.40. The van der Waals surface area contributed by atoms with Gasteiger partial charge in [-0.2, -0.15) is 0 Å². The third kappa shape index (κ3) is 12.2. The Morgan fingerprint density at radius 1 is 0.420 bits per heavy atom. The molecular weight excluding hydrogens is 1270 g/mol. The molecule has 10 aromatic carbocycles. The van der Waals surface area contributed by atoms with Gasteiger partial charge in [0, 0.05) is 34.6 Å². The number of furan rings is 1. The van der Waals surface area contributed by atoms with Crippen molar-refractivity contribution in [3.63, 3.8) is 0 Å². The number of pyridine rings is 1. The summed E-state index contributed by atoms with van der Waals surface area (Å²) < 4.78 is 37.4. The Morgan fingerprint density at radius 3 is 1.48 bits per heavy atom. The van der Waals surface area contributed by atoms with E-state index in [0.717, 1.165) is 83.6 Å². The molecule has 0 bridgehead atoms. The second-order valence-electron chi connectivity index (χ2n) is 23.1. The number of nitrogens with zero attached hydrogens (tertiary/aromatic N) is 5. The van der Waals surface area contributed by atoms with Crippen molar-refractivity contribution in [2.45, 2.75) is 79.1 Å². The summed E-state index contributed by atoms with van der Waals surface area (Å²) in [6.45, 7) is 18.0. The van der Waals surface area contributed by atoms with Crippen LogP contribution in [0.3, 0.4) is 0 Å². The molecule has 14 rings (SSSR count). The third-order valence-corrected chi connectivity index (χ3v) is 15.9. The maximum Gasteiger partial charge on any atom is 3.00 e. The molecule has 6 nitrogen and oxygen atoms in total. The van der Waals surface area contributed by atoms with Gasteiger partial charge in [-0.3, -0.25) is 18.7 Å². The van der Waals surface area contributed by atoms with Crippen molar-refractivity contribution in [1.29, 1.82) is 0 Å². The van der Waals surface area contributed by atoms with Crippen LogP contribution in [0.4, 0.5) is 8.78 Å². The molecule has 0 radical (unpaired) electrons. The van der Waals surface area contributed by atoms with E-state index in [1.165, 1.54) is 74.6 Å². The molecule has 436 valence electrons. The van der Waals surface area contributed by atoms with Crippen molar-refractivity contribution in [1.82, 2.24) is 24.1 Å². The fourth-order valence-electron chi connectivity index (χ4n) is 11.6. The number of aromatic nitrogens is 5. The smallest absolute Gasteiger partial charge is 0.501 e. The number of fused-ring (bicyclic) bond motifs is 5. The molecular formula is C79H66F2IrN5O. The van der Waals surface area contributed by atoms with E-state index in [-0.39, 0.29) is 43.6 Å². The summed E-state index contributed by atoms with van der Waals surface area (Å²) in [5.41, 5.74) is 21.2. The first kappa shape index (κ1) is 60.3. The van der Waals surface area contributed by atoms with Crippen LogP contribution in [0.25, 0.3) is 112 Å². The number of benzene rings is 10. The summed E-state index contributed by atoms with van der Waals surface area (Å²) in [5, 5.41) is 2.15. The maximum atomic E-state index is 13.5. The quantitative estimate of drug-likeness (QED) is 0.121. The first-order valence-corrected chi connectivity index (χ1v) is 29.8. The molecule has 4 heterocycles. The summed E-state index contributed by atoms with van der Waals surface area (Å²) in [6, 6.07) is 83.6. The summed E-state index contributed by atoms with van der Waals surface area (Å²) in [7, 11) is 0. The van der Waals surface area contributed by atoms with E-state index in [1.54, 1.807) is 18.3 Å². The molecule has 0 N–H and O–H groups in total. The van der Waals surface area contributed by atoms with E-state index in [2.05, 4.69) is 227 Å². The number of halogens is 2. The van der Waals surface area contributed by atoms with Gasteiger partial charge in [0.2, 0.25) is 0 Å². The van der Waals surface area contributed by atoms with Crippen molar-refractivity contribution in [2.75, 3.05) is 0 Å². The Morgan fingerprint density at radius 2 is 0.932 bits per heavy atom. The van der Waals surface area contributed by atoms with Gasteiger partial charge in [-0.25, -0.2) is 0 Å². The minimum absolute atomic E-state index is 0. The number of rotatable bonds is 11. The number of imidazole rings is 2.